The second kappa shape index (κ2) is 5.03. The van der Waals surface area contributed by atoms with Gasteiger partial charge in [0.1, 0.15) is 0 Å². The van der Waals surface area contributed by atoms with E-state index in [2.05, 4.69) is 31.1 Å². The van der Waals surface area contributed by atoms with E-state index in [4.69, 9.17) is 0 Å². The van der Waals surface area contributed by atoms with Crippen molar-refractivity contribution < 1.29 is 5.11 Å². The number of aliphatic hydroxyl groups is 1. The van der Waals surface area contributed by atoms with E-state index >= 15 is 0 Å². The molecule has 0 saturated carbocycles. The summed E-state index contributed by atoms with van der Waals surface area (Å²) in [7, 11) is 2.20. The fourth-order valence-corrected chi connectivity index (χ4v) is 1.99. The molecule has 1 saturated heterocycles. The number of nitrogens with one attached hydrogen (secondary N) is 1. The minimum absolute atomic E-state index is 0.245. The van der Waals surface area contributed by atoms with Gasteiger partial charge in [0.25, 0.3) is 0 Å². The van der Waals surface area contributed by atoms with Crippen LogP contribution in [-0.2, 0) is 0 Å². The van der Waals surface area contributed by atoms with Gasteiger partial charge in [0.2, 0.25) is 0 Å². The number of likely N-dealkylation sites (N-methyl/N-ethyl adjacent to an activating group) is 1. The Morgan fingerprint density at radius 3 is 2.38 bits per heavy atom. The molecule has 3 nitrogen and oxygen atoms in total. The predicted molar refractivity (Wildman–Crippen MR) is 68.6 cm³/mol. The van der Waals surface area contributed by atoms with Crippen LogP contribution in [0, 0.1) is 0 Å². The van der Waals surface area contributed by atoms with E-state index in [9.17, 15) is 5.11 Å². The van der Waals surface area contributed by atoms with E-state index in [-0.39, 0.29) is 5.54 Å². The SMILES string of the molecule is CN1CCCCC1CNC(C)(C)C(C)(C)O. The van der Waals surface area contributed by atoms with Crippen molar-refractivity contribution in [3.8, 4) is 0 Å². The van der Waals surface area contributed by atoms with Crippen molar-refractivity contribution in [2.45, 2.75) is 64.1 Å². The third-order valence-electron chi connectivity index (χ3n) is 4.23. The summed E-state index contributed by atoms with van der Waals surface area (Å²) in [5.41, 5.74) is -0.939. The molecule has 0 aromatic carbocycles. The lowest BCUT2D eigenvalue weighted by Gasteiger charge is -2.41. The van der Waals surface area contributed by atoms with E-state index in [0.29, 0.717) is 6.04 Å². The summed E-state index contributed by atoms with van der Waals surface area (Å²) in [6.07, 6.45) is 3.92. The molecular weight excluding hydrogens is 200 g/mol. The number of likely N-dealkylation sites (tertiary alicyclic amines) is 1. The normalized spacial score (nSPS) is 24.8. The minimum atomic E-state index is -0.694. The Hall–Kier alpha value is -0.120. The summed E-state index contributed by atoms with van der Waals surface area (Å²) in [5, 5.41) is 13.6. The zero-order valence-corrected chi connectivity index (χ0v) is 11.5. The quantitative estimate of drug-likeness (QED) is 0.767. The Balaban J connectivity index is 2.44. The van der Waals surface area contributed by atoms with E-state index < -0.39 is 5.60 Å². The fraction of sp³-hybridized carbons (Fsp3) is 1.00. The Morgan fingerprint density at radius 2 is 1.88 bits per heavy atom. The van der Waals surface area contributed by atoms with Crippen LogP contribution in [0.2, 0.25) is 0 Å². The van der Waals surface area contributed by atoms with Gasteiger partial charge >= 0.3 is 0 Å². The topological polar surface area (TPSA) is 35.5 Å². The number of hydrogen-bond acceptors (Lipinski definition) is 3. The smallest absolute Gasteiger partial charge is 0.0767 e. The molecule has 96 valence electrons. The second-order valence-corrected chi connectivity index (χ2v) is 6.20. The highest BCUT2D eigenvalue weighted by atomic mass is 16.3. The third kappa shape index (κ3) is 3.44. The van der Waals surface area contributed by atoms with E-state index in [1.807, 2.05) is 13.8 Å². The lowest BCUT2D eigenvalue weighted by atomic mass is 9.85. The van der Waals surface area contributed by atoms with Gasteiger partial charge in [0, 0.05) is 18.1 Å². The summed E-state index contributed by atoms with van der Waals surface area (Å²) in [5.74, 6) is 0. The lowest BCUT2D eigenvalue weighted by molar-refractivity contribution is -0.00820. The molecule has 0 amide bonds. The third-order valence-corrected chi connectivity index (χ3v) is 4.23. The molecular formula is C13H28N2O. The van der Waals surface area contributed by atoms with Gasteiger partial charge in [-0.3, -0.25) is 0 Å². The summed E-state index contributed by atoms with van der Waals surface area (Å²) < 4.78 is 0. The molecule has 0 radical (unpaired) electrons. The molecule has 0 aliphatic carbocycles. The maximum atomic E-state index is 10.1. The zero-order valence-electron chi connectivity index (χ0n) is 11.5. The van der Waals surface area contributed by atoms with Crippen LogP contribution in [0.15, 0.2) is 0 Å². The summed E-state index contributed by atoms with van der Waals surface area (Å²) >= 11 is 0. The molecule has 3 heteroatoms. The molecule has 1 fully saturated rings. The molecule has 1 heterocycles. The van der Waals surface area contributed by atoms with Crippen molar-refractivity contribution in [2.75, 3.05) is 20.1 Å². The molecule has 0 aromatic heterocycles. The Bertz CT molecular complexity index is 220. The highest BCUT2D eigenvalue weighted by molar-refractivity contribution is 4.94. The first kappa shape index (κ1) is 13.9. The molecule has 16 heavy (non-hydrogen) atoms. The highest BCUT2D eigenvalue weighted by Gasteiger charge is 2.35. The number of rotatable bonds is 4. The van der Waals surface area contributed by atoms with Crippen LogP contribution in [0.4, 0.5) is 0 Å². The van der Waals surface area contributed by atoms with Crippen molar-refractivity contribution in [3.63, 3.8) is 0 Å². The average molecular weight is 228 g/mol. The minimum Gasteiger partial charge on any atom is -0.389 e. The van der Waals surface area contributed by atoms with E-state index in [1.54, 1.807) is 0 Å². The van der Waals surface area contributed by atoms with Gasteiger partial charge in [-0.2, -0.15) is 0 Å². The van der Waals surface area contributed by atoms with Crippen LogP contribution >= 0.6 is 0 Å². The number of piperidine rings is 1. The van der Waals surface area contributed by atoms with Crippen LogP contribution in [0.3, 0.4) is 0 Å². The number of hydrogen-bond donors (Lipinski definition) is 2. The van der Waals surface area contributed by atoms with Gasteiger partial charge in [-0.1, -0.05) is 6.42 Å². The average Bonchev–Trinajstić information content (AvgIpc) is 2.15. The molecule has 1 aliphatic heterocycles. The first-order valence-corrected chi connectivity index (χ1v) is 6.42. The van der Waals surface area contributed by atoms with Crippen LogP contribution < -0.4 is 5.32 Å². The predicted octanol–water partition coefficient (Wildman–Crippen LogP) is 1.61. The largest absolute Gasteiger partial charge is 0.389 e. The Morgan fingerprint density at radius 1 is 1.25 bits per heavy atom. The van der Waals surface area contributed by atoms with Crippen LogP contribution in [0.25, 0.3) is 0 Å². The van der Waals surface area contributed by atoms with Crippen molar-refractivity contribution in [1.82, 2.24) is 10.2 Å². The van der Waals surface area contributed by atoms with Crippen LogP contribution in [-0.4, -0.2) is 47.3 Å². The molecule has 0 bridgehead atoms. The Kier molecular flexibility index (Phi) is 4.38. The summed E-state index contributed by atoms with van der Waals surface area (Å²) in [6.45, 7) is 10.0. The number of nitrogens with zero attached hydrogens (tertiary/aromatic N) is 1. The van der Waals surface area contributed by atoms with Crippen molar-refractivity contribution in [3.05, 3.63) is 0 Å². The van der Waals surface area contributed by atoms with E-state index in [1.165, 1.54) is 25.8 Å². The van der Waals surface area contributed by atoms with Gasteiger partial charge in [-0.25, -0.2) is 0 Å². The first-order chi connectivity index (χ1) is 7.24. The monoisotopic (exact) mass is 228 g/mol. The fourth-order valence-electron chi connectivity index (χ4n) is 1.99. The molecule has 1 atom stereocenters. The van der Waals surface area contributed by atoms with Crippen molar-refractivity contribution in [1.29, 1.82) is 0 Å². The Labute approximate surface area is 100 Å². The van der Waals surface area contributed by atoms with Gasteiger partial charge < -0.3 is 15.3 Å². The summed E-state index contributed by atoms with van der Waals surface area (Å²) in [4.78, 5) is 2.43. The zero-order chi connectivity index (χ0) is 12.4. The first-order valence-electron chi connectivity index (χ1n) is 6.42. The molecule has 2 N–H and O–H groups in total. The maximum absolute atomic E-state index is 10.1. The molecule has 1 unspecified atom stereocenters. The molecule has 1 aliphatic rings. The molecule has 0 spiro atoms. The summed E-state index contributed by atoms with van der Waals surface area (Å²) in [6, 6.07) is 0.621. The molecule has 0 aromatic rings. The van der Waals surface area contributed by atoms with Crippen LogP contribution in [0.1, 0.15) is 47.0 Å². The van der Waals surface area contributed by atoms with Gasteiger partial charge in [0.15, 0.2) is 0 Å². The molecule has 1 rings (SSSR count). The van der Waals surface area contributed by atoms with Gasteiger partial charge in [-0.15, -0.1) is 0 Å². The lowest BCUT2D eigenvalue weighted by Crippen LogP contribution is -2.58. The second-order valence-electron chi connectivity index (χ2n) is 6.20. The van der Waals surface area contributed by atoms with Crippen molar-refractivity contribution in [2.24, 2.45) is 0 Å². The van der Waals surface area contributed by atoms with Gasteiger partial charge in [0.05, 0.1) is 5.60 Å². The van der Waals surface area contributed by atoms with Crippen LogP contribution in [0.5, 0.6) is 0 Å². The maximum Gasteiger partial charge on any atom is 0.0767 e. The highest BCUT2D eigenvalue weighted by Crippen LogP contribution is 2.21. The van der Waals surface area contributed by atoms with E-state index in [0.717, 1.165) is 6.54 Å². The van der Waals surface area contributed by atoms with Gasteiger partial charge in [-0.05, 0) is 54.1 Å². The van der Waals surface area contributed by atoms with Crippen molar-refractivity contribution >= 4 is 0 Å². The standard InChI is InChI=1S/C13H28N2O/c1-12(2,13(3,4)16)14-10-11-8-6-7-9-15(11)5/h11,14,16H,6-10H2,1-5H3.